The summed E-state index contributed by atoms with van der Waals surface area (Å²) in [6.07, 6.45) is 3.26. The molecule has 21 heavy (non-hydrogen) atoms. The van der Waals surface area contributed by atoms with Crippen LogP contribution in [0, 0.1) is 0 Å². The van der Waals surface area contributed by atoms with E-state index in [2.05, 4.69) is 39.7 Å². The van der Waals surface area contributed by atoms with Crippen LogP contribution in [0.25, 0.3) is 0 Å². The zero-order chi connectivity index (χ0) is 14.1. The molecule has 1 unspecified atom stereocenters. The molecule has 0 spiro atoms. The highest BCUT2D eigenvalue weighted by Gasteiger charge is 2.44. The van der Waals surface area contributed by atoms with Gasteiger partial charge in [-0.15, -0.1) is 0 Å². The Hall–Kier alpha value is -1.72. The standard InChI is InChI=1S/C16H19N3O2/c1-2-5-12(6-3-1)16(7-4-8-16)15-18-14(21-19-15)13-11-17-9-10-20-13/h1-3,5-6,13,17H,4,7-11H2. The molecule has 1 atom stereocenters. The topological polar surface area (TPSA) is 60.2 Å². The van der Waals surface area contributed by atoms with Crippen molar-refractivity contribution in [2.45, 2.75) is 30.8 Å². The first kappa shape index (κ1) is 13.0. The SMILES string of the molecule is c1ccc(C2(c3noc(C4CNCCO4)n3)CCC2)cc1. The molecule has 4 rings (SSSR count). The van der Waals surface area contributed by atoms with Gasteiger partial charge in [0.25, 0.3) is 5.89 Å². The van der Waals surface area contributed by atoms with Crippen LogP contribution in [0.5, 0.6) is 0 Å². The number of ether oxygens (including phenoxy) is 1. The Morgan fingerprint density at radius 1 is 1.19 bits per heavy atom. The van der Waals surface area contributed by atoms with Gasteiger partial charge in [-0.3, -0.25) is 0 Å². The Morgan fingerprint density at radius 3 is 2.71 bits per heavy atom. The molecule has 1 saturated carbocycles. The lowest BCUT2D eigenvalue weighted by Crippen LogP contribution is -2.37. The molecule has 2 heterocycles. The van der Waals surface area contributed by atoms with Gasteiger partial charge in [0.1, 0.15) is 6.10 Å². The minimum atomic E-state index is -0.118. The summed E-state index contributed by atoms with van der Waals surface area (Å²) in [4.78, 5) is 4.66. The van der Waals surface area contributed by atoms with E-state index in [9.17, 15) is 0 Å². The summed E-state index contributed by atoms with van der Waals surface area (Å²) in [5.74, 6) is 1.41. The second-order valence-corrected chi connectivity index (χ2v) is 5.82. The molecule has 1 saturated heterocycles. The van der Waals surface area contributed by atoms with Crippen molar-refractivity contribution in [3.63, 3.8) is 0 Å². The molecule has 1 N–H and O–H groups in total. The lowest BCUT2D eigenvalue weighted by molar-refractivity contribution is 0.00755. The predicted molar refractivity (Wildman–Crippen MR) is 76.9 cm³/mol. The minimum absolute atomic E-state index is 0.0644. The van der Waals surface area contributed by atoms with Crippen molar-refractivity contribution in [1.29, 1.82) is 0 Å². The molecule has 0 bridgehead atoms. The normalized spacial score (nSPS) is 24.5. The summed E-state index contributed by atoms with van der Waals surface area (Å²) in [6.45, 7) is 2.30. The highest BCUT2D eigenvalue weighted by molar-refractivity contribution is 5.35. The van der Waals surface area contributed by atoms with Crippen LogP contribution in [0.4, 0.5) is 0 Å². The second-order valence-electron chi connectivity index (χ2n) is 5.82. The third-order valence-corrected chi connectivity index (χ3v) is 4.61. The van der Waals surface area contributed by atoms with Crippen molar-refractivity contribution in [1.82, 2.24) is 15.5 Å². The van der Waals surface area contributed by atoms with Gasteiger partial charge in [-0.05, 0) is 18.4 Å². The molecule has 5 heteroatoms. The van der Waals surface area contributed by atoms with Gasteiger partial charge < -0.3 is 14.6 Å². The largest absolute Gasteiger partial charge is 0.366 e. The molecule has 0 radical (unpaired) electrons. The Balaban J connectivity index is 1.64. The molecule has 0 amide bonds. The molecule has 110 valence electrons. The molecule has 1 aliphatic carbocycles. The Labute approximate surface area is 123 Å². The zero-order valence-electron chi connectivity index (χ0n) is 11.9. The van der Waals surface area contributed by atoms with Gasteiger partial charge in [-0.25, -0.2) is 0 Å². The molecule has 1 aromatic heterocycles. The third kappa shape index (κ3) is 2.17. The van der Waals surface area contributed by atoms with Gasteiger partial charge >= 0.3 is 0 Å². The van der Waals surface area contributed by atoms with Crippen molar-refractivity contribution in [2.75, 3.05) is 19.7 Å². The van der Waals surface area contributed by atoms with Crippen molar-refractivity contribution < 1.29 is 9.26 Å². The summed E-state index contributed by atoms with van der Waals surface area (Å²) in [6, 6.07) is 10.5. The molecule has 2 aromatic rings. The van der Waals surface area contributed by atoms with Crippen LogP contribution in [0.15, 0.2) is 34.9 Å². The van der Waals surface area contributed by atoms with E-state index in [0.717, 1.165) is 31.8 Å². The van der Waals surface area contributed by atoms with Gasteiger partial charge in [-0.1, -0.05) is 41.9 Å². The quantitative estimate of drug-likeness (QED) is 0.937. The first-order valence-electron chi connectivity index (χ1n) is 7.60. The van der Waals surface area contributed by atoms with E-state index in [4.69, 9.17) is 9.26 Å². The highest BCUT2D eigenvalue weighted by atomic mass is 16.5. The van der Waals surface area contributed by atoms with E-state index in [-0.39, 0.29) is 11.5 Å². The molecule has 1 aromatic carbocycles. The summed E-state index contributed by atoms with van der Waals surface area (Å²) in [5.41, 5.74) is 1.22. The number of hydrogen-bond acceptors (Lipinski definition) is 5. The summed E-state index contributed by atoms with van der Waals surface area (Å²) in [7, 11) is 0. The van der Waals surface area contributed by atoms with Crippen LogP contribution in [0.1, 0.15) is 42.6 Å². The smallest absolute Gasteiger partial charge is 0.257 e. The van der Waals surface area contributed by atoms with Crippen LogP contribution in [0.3, 0.4) is 0 Å². The number of rotatable bonds is 3. The highest BCUT2D eigenvalue weighted by Crippen LogP contribution is 2.47. The monoisotopic (exact) mass is 285 g/mol. The predicted octanol–water partition coefficient (Wildman–Crippen LogP) is 2.20. The maximum atomic E-state index is 5.69. The van der Waals surface area contributed by atoms with Crippen molar-refractivity contribution >= 4 is 0 Å². The Morgan fingerprint density at radius 2 is 2.05 bits per heavy atom. The van der Waals surface area contributed by atoms with Crippen molar-refractivity contribution in [3.05, 3.63) is 47.6 Å². The summed E-state index contributed by atoms with van der Waals surface area (Å²) in [5, 5.41) is 7.56. The van der Waals surface area contributed by atoms with E-state index < -0.39 is 0 Å². The van der Waals surface area contributed by atoms with E-state index in [1.807, 2.05) is 6.07 Å². The third-order valence-electron chi connectivity index (χ3n) is 4.61. The molecular weight excluding hydrogens is 266 g/mol. The van der Waals surface area contributed by atoms with Gasteiger partial charge in [-0.2, -0.15) is 4.98 Å². The van der Waals surface area contributed by atoms with Crippen molar-refractivity contribution in [3.8, 4) is 0 Å². The summed E-state index contributed by atoms with van der Waals surface area (Å²) < 4.78 is 11.2. The molecule has 2 aliphatic rings. The maximum absolute atomic E-state index is 5.69. The lowest BCUT2D eigenvalue weighted by Gasteiger charge is -2.39. The minimum Gasteiger partial charge on any atom is -0.366 e. The number of morpholine rings is 1. The van der Waals surface area contributed by atoms with Crippen LogP contribution in [-0.4, -0.2) is 29.8 Å². The summed E-state index contributed by atoms with van der Waals surface area (Å²) >= 11 is 0. The fraction of sp³-hybridized carbons (Fsp3) is 0.500. The van der Waals surface area contributed by atoms with Crippen LogP contribution >= 0.6 is 0 Å². The van der Waals surface area contributed by atoms with Gasteiger partial charge in [0, 0.05) is 13.1 Å². The van der Waals surface area contributed by atoms with Crippen LogP contribution < -0.4 is 5.32 Å². The fourth-order valence-corrected chi connectivity index (χ4v) is 3.21. The van der Waals surface area contributed by atoms with E-state index in [1.165, 1.54) is 12.0 Å². The number of hydrogen-bond donors (Lipinski definition) is 1. The van der Waals surface area contributed by atoms with Crippen molar-refractivity contribution in [2.24, 2.45) is 0 Å². The number of aromatic nitrogens is 2. The number of nitrogens with one attached hydrogen (secondary N) is 1. The van der Waals surface area contributed by atoms with Gasteiger partial charge in [0.15, 0.2) is 5.82 Å². The zero-order valence-corrected chi connectivity index (χ0v) is 11.9. The molecular formula is C16H19N3O2. The second kappa shape index (κ2) is 5.24. The van der Waals surface area contributed by atoms with E-state index in [1.54, 1.807) is 0 Å². The number of nitrogens with zero attached hydrogens (tertiary/aromatic N) is 2. The Bertz CT molecular complexity index is 601. The van der Waals surface area contributed by atoms with Crippen LogP contribution in [0.2, 0.25) is 0 Å². The van der Waals surface area contributed by atoms with E-state index >= 15 is 0 Å². The first-order valence-corrected chi connectivity index (χ1v) is 7.60. The average Bonchev–Trinajstić information content (AvgIpc) is 2.98. The Kier molecular flexibility index (Phi) is 3.24. The lowest BCUT2D eigenvalue weighted by atomic mass is 9.64. The average molecular weight is 285 g/mol. The number of benzene rings is 1. The van der Waals surface area contributed by atoms with Gasteiger partial charge in [0.2, 0.25) is 0 Å². The molecule has 1 aliphatic heterocycles. The first-order chi connectivity index (χ1) is 10.4. The van der Waals surface area contributed by atoms with Crippen LogP contribution in [-0.2, 0) is 10.2 Å². The van der Waals surface area contributed by atoms with Gasteiger partial charge in [0.05, 0.1) is 12.0 Å². The van der Waals surface area contributed by atoms with E-state index in [0.29, 0.717) is 12.5 Å². The maximum Gasteiger partial charge on any atom is 0.257 e. The molecule has 2 fully saturated rings. The fourth-order valence-electron chi connectivity index (χ4n) is 3.21. The molecule has 5 nitrogen and oxygen atoms in total.